The van der Waals surface area contributed by atoms with Crippen molar-refractivity contribution in [3.8, 4) is 11.1 Å². The number of carbonyl (C=O) groups excluding carboxylic acids is 1. The lowest BCUT2D eigenvalue weighted by molar-refractivity contribution is -0.161. The molecule has 5 rings (SSSR count). The molecule has 1 amide bonds. The van der Waals surface area contributed by atoms with Crippen molar-refractivity contribution in [1.29, 1.82) is 0 Å². The zero-order chi connectivity index (χ0) is 28.8. The Balaban J connectivity index is 1.50. The van der Waals surface area contributed by atoms with Crippen LogP contribution in [0.15, 0.2) is 97.1 Å². The second-order valence-electron chi connectivity index (χ2n) is 11.0. The lowest BCUT2D eigenvalue weighted by Crippen LogP contribution is -2.51. The molecule has 41 heavy (non-hydrogen) atoms. The number of hydrogen-bond donors (Lipinski definition) is 2. The number of fused-ring (bicyclic) bond motifs is 1. The molecule has 2 N–H and O–H groups in total. The Morgan fingerprint density at radius 3 is 2.10 bits per heavy atom. The van der Waals surface area contributed by atoms with Gasteiger partial charge < -0.3 is 15.1 Å². The van der Waals surface area contributed by atoms with E-state index in [1.54, 1.807) is 24.3 Å². The molecule has 1 fully saturated rings. The molecule has 0 spiro atoms. The Hall–Kier alpha value is -4.45. The zero-order valence-corrected chi connectivity index (χ0v) is 23.0. The summed E-state index contributed by atoms with van der Waals surface area (Å²) in [5.74, 6) is -3.99. The van der Waals surface area contributed by atoms with Crippen LogP contribution in [0.5, 0.6) is 0 Å². The molecular formula is C35H35NO5. The summed E-state index contributed by atoms with van der Waals surface area (Å²) in [6.45, 7) is 0.0349. The minimum absolute atomic E-state index is 0.0343. The van der Waals surface area contributed by atoms with Gasteiger partial charge in [0, 0.05) is 18.9 Å². The molecule has 1 unspecified atom stereocenters. The maximum Gasteiger partial charge on any atom is 0.394 e. The summed E-state index contributed by atoms with van der Waals surface area (Å²) in [7, 11) is 0. The van der Waals surface area contributed by atoms with E-state index in [4.69, 9.17) is 0 Å². The standard InChI is InChI=1S/C35H35NO5/c37-33(35(40)41)36(32(34(38)39)22-24-10-3-1-4-11-24)23-31(26-12-5-2-6-13-26)28-20-18-27(19-21-28)30-17-9-15-25-14-7-8-16-29(25)30/h1,3-4,7-11,14-21,26,31-32H,2,5-6,12-13,22-23H2,(H,38,39)(H,40,41)/t31?,32-/m0/s1. The molecule has 6 heteroatoms. The van der Waals surface area contributed by atoms with Crippen molar-refractivity contribution in [2.75, 3.05) is 6.54 Å². The highest BCUT2D eigenvalue weighted by molar-refractivity contribution is 6.31. The first-order chi connectivity index (χ1) is 19.9. The Kier molecular flexibility index (Phi) is 8.78. The monoisotopic (exact) mass is 549 g/mol. The molecule has 2 atom stereocenters. The molecule has 4 aromatic carbocycles. The molecule has 210 valence electrons. The van der Waals surface area contributed by atoms with Gasteiger partial charge in [-0.15, -0.1) is 0 Å². The van der Waals surface area contributed by atoms with Crippen LogP contribution in [0.25, 0.3) is 21.9 Å². The third-order valence-electron chi connectivity index (χ3n) is 8.43. The van der Waals surface area contributed by atoms with E-state index in [0.29, 0.717) is 0 Å². The van der Waals surface area contributed by atoms with Gasteiger partial charge in [0.25, 0.3) is 0 Å². The van der Waals surface area contributed by atoms with Crippen molar-refractivity contribution in [1.82, 2.24) is 4.90 Å². The molecular weight excluding hydrogens is 514 g/mol. The van der Waals surface area contributed by atoms with Gasteiger partial charge in [-0.1, -0.05) is 116 Å². The van der Waals surface area contributed by atoms with Gasteiger partial charge in [-0.25, -0.2) is 9.59 Å². The van der Waals surface area contributed by atoms with E-state index >= 15 is 0 Å². The number of carbonyl (C=O) groups is 3. The average molecular weight is 550 g/mol. The fourth-order valence-corrected chi connectivity index (χ4v) is 6.30. The van der Waals surface area contributed by atoms with Crippen molar-refractivity contribution in [3.63, 3.8) is 0 Å². The van der Waals surface area contributed by atoms with Gasteiger partial charge in [-0.2, -0.15) is 0 Å². The van der Waals surface area contributed by atoms with Gasteiger partial charge in [0.2, 0.25) is 0 Å². The Morgan fingerprint density at radius 2 is 1.41 bits per heavy atom. The van der Waals surface area contributed by atoms with Crippen LogP contribution in [-0.4, -0.2) is 45.5 Å². The molecule has 0 bridgehead atoms. The molecule has 4 aromatic rings. The molecule has 0 radical (unpaired) electrons. The van der Waals surface area contributed by atoms with Gasteiger partial charge in [0.05, 0.1) is 0 Å². The third-order valence-corrected chi connectivity index (χ3v) is 8.43. The van der Waals surface area contributed by atoms with Gasteiger partial charge in [-0.05, 0) is 51.8 Å². The summed E-state index contributed by atoms with van der Waals surface area (Å²) in [6, 6.07) is 30.5. The maximum atomic E-state index is 13.1. The Bertz CT molecular complexity index is 1500. The number of carboxylic acids is 2. The predicted octanol–water partition coefficient (Wildman–Crippen LogP) is 6.78. The summed E-state index contributed by atoms with van der Waals surface area (Å²) in [5, 5.41) is 22.2. The first-order valence-corrected chi connectivity index (χ1v) is 14.3. The second kappa shape index (κ2) is 12.8. The highest BCUT2D eigenvalue weighted by Gasteiger charge is 2.37. The van der Waals surface area contributed by atoms with E-state index in [0.717, 1.165) is 70.0 Å². The SMILES string of the molecule is O=C(O)C(=O)N(CC(c1ccc(-c2cccc3ccccc23)cc1)C1CCCCC1)[C@@H](Cc1ccccc1)C(=O)O. The second-order valence-corrected chi connectivity index (χ2v) is 11.0. The number of aliphatic carboxylic acids is 2. The van der Waals surface area contributed by atoms with Crippen LogP contribution in [0.3, 0.4) is 0 Å². The quantitative estimate of drug-likeness (QED) is 0.225. The topological polar surface area (TPSA) is 94.9 Å². The van der Waals surface area contributed by atoms with Crippen LogP contribution in [0.1, 0.15) is 49.1 Å². The van der Waals surface area contributed by atoms with Crippen molar-refractivity contribution >= 4 is 28.6 Å². The van der Waals surface area contributed by atoms with Crippen molar-refractivity contribution in [2.45, 2.75) is 50.5 Å². The van der Waals surface area contributed by atoms with Gasteiger partial charge >= 0.3 is 17.8 Å². The highest BCUT2D eigenvalue weighted by atomic mass is 16.4. The number of carboxylic acid groups (broad SMARTS) is 2. The van der Waals surface area contributed by atoms with Crippen LogP contribution in [0, 0.1) is 5.92 Å². The van der Waals surface area contributed by atoms with Crippen LogP contribution in [0.4, 0.5) is 0 Å². The molecule has 1 aliphatic rings. The van der Waals surface area contributed by atoms with Crippen molar-refractivity contribution in [3.05, 3.63) is 108 Å². The summed E-state index contributed by atoms with van der Waals surface area (Å²) in [4.78, 5) is 38.6. The van der Waals surface area contributed by atoms with E-state index in [2.05, 4.69) is 48.5 Å². The number of benzene rings is 4. The molecule has 0 aromatic heterocycles. The van der Waals surface area contributed by atoms with Crippen LogP contribution in [0.2, 0.25) is 0 Å². The van der Waals surface area contributed by atoms with Crippen LogP contribution in [-0.2, 0) is 20.8 Å². The molecule has 6 nitrogen and oxygen atoms in total. The largest absolute Gasteiger partial charge is 0.480 e. The van der Waals surface area contributed by atoms with E-state index < -0.39 is 23.9 Å². The number of nitrogens with zero attached hydrogens (tertiary/aromatic N) is 1. The van der Waals surface area contributed by atoms with E-state index in [9.17, 15) is 24.6 Å². The number of rotatable bonds is 9. The lowest BCUT2D eigenvalue weighted by Gasteiger charge is -2.36. The van der Waals surface area contributed by atoms with Gasteiger partial charge in [0.1, 0.15) is 6.04 Å². The smallest absolute Gasteiger partial charge is 0.394 e. The summed E-state index contributed by atoms with van der Waals surface area (Å²) < 4.78 is 0. The van der Waals surface area contributed by atoms with Gasteiger partial charge in [0.15, 0.2) is 0 Å². The summed E-state index contributed by atoms with van der Waals surface area (Å²) in [6.07, 6.45) is 5.23. The summed E-state index contributed by atoms with van der Waals surface area (Å²) >= 11 is 0. The fraction of sp³-hybridized carbons (Fsp3) is 0.286. The molecule has 1 saturated carbocycles. The molecule has 1 aliphatic carbocycles. The highest BCUT2D eigenvalue weighted by Crippen LogP contribution is 2.38. The van der Waals surface area contributed by atoms with Crippen molar-refractivity contribution in [2.24, 2.45) is 5.92 Å². The van der Waals surface area contributed by atoms with Gasteiger partial charge in [-0.3, -0.25) is 4.79 Å². The van der Waals surface area contributed by atoms with Crippen molar-refractivity contribution < 1.29 is 24.6 Å². The van der Waals surface area contributed by atoms with Crippen LogP contribution < -0.4 is 0 Å². The lowest BCUT2D eigenvalue weighted by atomic mass is 9.76. The average Bonchev–Trinajstić information content (AvgIpc) is 3.01. The first kappa shape index (κ1) is 28.1. The predicted molar refractivity (Wildman–Crippen MR) is 160 cm³/mol. The van der Waals surface area contributed by atoms with E-state index in [-0.39, 0.29) is 24.8 Å². The number of hydrogen-bond acceptors (Lipinski definition) is 3. The minimum atomic E-state index is -1.64. The molecule has 0 aliphatic heterocycles. The van der Waals surface area contributed by atoms with E-state index in [1.807, 2.05) is 24.3 Å². The first-order valence-electron chi connectivity index (χ1n) is 14.3. The molecule has 0 saturated heterocycles. The number of amides is 1. The third kappa shape index (κ3) is 6.49. The van der Waals surface area contributed by atoms with E-state index in [1.165, 1.54) is 0 Å². The maximum absolute atomic E-state index is 13.1. The normalized spacial score (nSPS) is 15.2. The summed E-state index contributed by atoms with van der Waals surface area (Å²) in [5.41, 5.74) is 3.92. The molecule has 0 heterocycles. The van der Waals surface area contributed by atoms with Crippen LogP contribution >= 0.6 is 0 Å². The Morgan fingerprint density at radius 1 is 0.756 bits per heavy atom. The Labute approximate surface area is 240 Å². The minimum Gasteiger partial charge on any atom is -0.480 e. The zero-order valence-electron chi connectivity index (χ0n) is 23.0. The fourth-order valence-electron chi connectivity index (χ4n) is 6.30.